The van der Waals surface area contributed by atoms with Gasteiger partial charge in [-0.1, -0.05) is 25.4 Å². The Bertz CT molecular complexity index is 611. The minimum Gasteiger partial charge on any atom is -0.475 e. The van der Waals surface area contributed by atoms with Gasteiger partial charge in [-0.2, -0.15) is 0 Å². The fraction of sp³-hybridized carbons (Fsp3) is 0.357. The van der Waals surface area contributed by atoms with Crippen molar-refractivity contribution in [2.45, 2.75) is 27.2 Å². The SMILES string of the molecule is Cc1cc(Cl)c2oc(C(=O)O)c(CC(C)C)c2c1. The molecule has 0 spiro atoms. The van der Waals surface area contributed by atoms with Gasteiger partial charge in [0.25, 0.3) is 0 Å². The number of aryl methyl sites for hydroxylation is 1. The van der Waals surface area contributed by atoms with Gasteiger partial charge in [-0.25, -0.2) is 4.79 Å². The van der Waals surface area contributed by atoms with Gasteiger partial charge in [-0.05, 0) is 37.0 Å². The van der Waals surface area contributed by atoms with Crippen LogP contribution in [0.1, 0.15) is 35.5 Å². The van der Waals surface area contributed by atoms with Gasteiger partial charge < -0.3 is 9.52 Å². The molecular weight excluding hydrogens is 252 g/mol. The summed E-state index contributed by atoms with van der Waals surface area (Å²) < 4.78 is 5.42. The summed E-state index contributed by atoms with van der Waals surface area (Å²) in [7, 11) is 0. The number of carboxylic acid groups (broad SMARTS) is 1. The lowest BCUT2D eigenvalue weighted by atomic mass is 9.99. The van der Waals surface area contributed by atoms with E-state index in [0.29, 0.717) is 22.9 Å². The number of rotatable bonds is 3. The minimum atomic E-state index is -1.05. The Balaban J connectivity index is 2.76. The second kappa shape index (κ2) is 4.65. The number of furan rings is 1. The molecule has 2 aromatic rings. The number of hydrogen-bond acceptors (Lipinski definition) is 2. The van der Waals surface area contributed by atoms with Gasteiger partial charge >= 0.3 is 5.97 Å². The number of fused-ring (bicyclic) bond motifs is 1. The van der Waals surface area contributed by atoms with E-state index in [0.717, 1.165) is 16.5 Å². The molecule has 0 amide bonds. The van der Waals surface area contributed by atoms with E-state index in [9.17, 15) is 9.90 Å². The van der Waals surface area contributed by atoms with Gasteiger partial charge in [0.2, 0.25) is 5.76 Å². The summed E-state index contributed by atoms with van der Waals surface area (Å²) in [6, 6.07) is 3.70. The van der Waals surface area contributed by atoms with Crippen molar-refractivity contribution >= 4 is 28.5 Å². The van der Waals surface area contributed by atoms with E-state index in [1.54, 1.807) is 6.07 Å². The molecule has 2 rings (SSSR count). The lowest BCUT2D eigenvalue weighted by Crippen LogP contribution is -2.02. The molecule has 18 heavy (non-hydrogen) atoms. The molecule has 4 heteroatoms. The first kappa shape index (κ1) is 13.0. The van der Waals surface area contributed by atoms with Crippen molar-refractivity contribution in [3.8, 4) is 0 Å². The predicted molar refractivity (Wildman–Crippen MR) is 71.5 cm³/mol. The predicted octanol–water partition coefficient (Wildman–Crippen LogP) is 4.29. The number of halogens is 1. The van der Waals surface area contributed by atoms with Gasteiger partial charge in [0, 0.05) is 10.9 Å². The van der Waals surface area contributed by atoms with E-state index in [2.05, 4.69) is 0 Å². The zero-order chi connectivity index (χ0) is 13.4. The van der Waals surface area contributed by atoms with Crippen molar-refractivity contribution in [1.82, 2.24) is 0 Å². The van der Waals surface area contributed by atoms with Crippen LogP contribution in [-0.2, 0) is 6.42 Å². The quantitative estimate of drug-likeness (QED) is 0.901. The average molecular weight is 267 g/mol. The van der Waals surface area contributed by atoms with Crippen molar-refractivity contribution in [3.05, 3.63) is 34.0 Å². The first-order valence-corrected chi connectivity index (χ1v) is 6.22. The van der Waals surface area contributed by atoms with Gasteiger partial charge in [-0.15, -0.1) is 0 Å². The molecule has 0 radical (unpaired) electrons. The first-order chi connectivity index (χ1) is 8.40. The van der Waals surface area contributed by atoms with Crippen LogP contribution in [0.25, 0.3) is 11.0 Å². The third-order valence-corrected chi connectivity index (χ3v) is 3.08. The fourth-order valence-electron chi connectivity index (χ4n) is 2.13. The smallest absolute Gasteiger partial charge is 0.372 e. The largest absolute Gasteiger partial charge is 0.475 e. The van der Waals surface area contributed by atoms with E-state index < -0.39 is 5.97 Å². The van der Waals surface area contributed by atoms with Crippen LogP contribution in [-0.4, -0.2) is 11.1 Å². The highest BCUT2D eigenvalue weighted by atomic mass is 35.5. The maximum atomic E-state index is 11.2. The molecule has 0 bridgehead atoms. The number of carbonyl (C=O) groups is 1. The van der Waals surface area contributed by atoms with Crippen LogP contribution in [0.2, 0.25) is 5.02 Å². The normalized spacial score (nSPS) is 11.4. The van der Waals surface area contributed by atoms with Crippen molar-refractivity contribution in [2.75, 3.05) is 0 Å². The molecule has 0 fully saturated rings. The Morgan fingerprint density at radius 2 is 2.11 bits per heavy atom. The van der Waals surface area contributed by atoms with E-state index in [1.807, 2.05) is 26.8 Å². The lowest BCUT2D eigenvalue weighted by molar-refractivity contribution is 0.0663. The van der Waals surface area contributed by atoms with E-state index in [1.165, 1.54) is 0 Å². The molecule has 0 aliphatic carbocycles. The lowest BCUT2D eigenvalue weighted by Gasteiger charge is -2.04. The van der Waals surface area contributed by atoms with Crippen molar-refractivity contribution in [2.24, 2.45) is 5.92 Å². The van der Waals surface area contributed by atoms with E-state index in [-0.39, 0.29) is 5.76 Å². The summed E-state index contributed by atoms with van der Waals surface area (Å²) in [6.45, 7) is 6.02. The molecule has 0 atom stereocenters. The Morgan fingerprint density at radius 3 is 2.67 bits per heavy atom. The molecule has 0 aliphatic heterocycles. The van der Waals surface area contributed by atoms with Gasteiger partial charge in [0.05, 0.1) is 5.02 Å². The Morgan fingerprint density at radius 1 is 1.44 bits per heavy atom. The monoisotopic (exact) mass is 266 g/mol. The van der Waals surface area contributed by atoms with Gasteiger partial charge in [0.15, 0.2) is 5.58 Å². The summed E-state index contributed by atoms with van der Waals surface area (Å²) >= 11 is 6.10. The Kier molecular flexibility index (Phi) is 3.35. The third-order valence-electron chi connectivity index (χ3n) is 2.80. The Hall–Kier alpha value is -1.48. The van der Waals surface area contributed by atoms with Gasteiger partial charge in [-0.3, -0.25) is 0 Å². The molecule has 1 aromatic carbocycles. The summed E-state index contributed by atoms with van der Waals surface area (Å²) in [5, 5.41) is 10.5. The van der Waals surface area contributed by atoms with Crippen LogP contribution in [0, 0.1) is 12.8 Å². The fourth-order valence-corrected chi connectivity index (χ4v) is 2.44. The number of hydrogen-bond donors (Lipinski definition) is 1. The molecule has 0 saturated carbocycles. The maximum absolute atomic E-state index is 11.2. The molecule has 0 aliphatic rings. The number of aromatic carboxylic acids is 1. The first-order valence-electron chi connectivity index (χ1n) is 5.85. The molecule has 1 heterocycles. The van der Waals surface area contributed by atoms with Crippen molar-refractivity contribution in [1.29, 1.82) is 0 Å². The molecule has 3 nitrogen and oxygen atoms in total. The Labute approximate surface area is 110 Å². The number of benzene rings is 1. The summed E-state index contributed by atoms with van der Waals surface area (Å²) in [5.74, 6) is -0.690. The molecule has 96 valence electrons. The van der Waals surface area contributed by atoms with Crippen LogP contribution in [0.15, 0.2) is 16.5 Å². The zero-order valence-electron chi connectivity index (χ0n) is 10.6. The summed E-state index contributed by atoms with van der Waals surface area (Å²) in [4.78, 5) is 11.2. The summed E-state index contributed by atoms with van der Waals surface area (Å²) in [5.41, 5.74) is 2.20. The molecular formula is C14H15ClO3. The highest BCUT2D eigenvalue weighted by Crippen LogP contribution is 2.33. The molecule has 1 aromatic heterocycles. The topological polar surface area (TPSA) is 50.4 Å². The summed E-state index contributed by atoms with van der Waals surface area (Å²) in [6.07, 6.45) is 0.661. The van der Waals surface area contributed by atoms with Crippen LogP contribution in [0.4, 0.5) is 0 Å². The van der Waals surface area contributed by atoms with Crippen LogP contribution in [0.5, 0.6) is 0 Å². The van der Waals surface area contributed by atoms with Crippen molar-refractivity contribution < 1.29 is 14.3 Å². The second-order valence-electron chi connectivity index (χ2n) is 4.94. The van der Waals surface area contributed by atoms with Crippen LogP contribution >= 0.6 is 11.6 Å². The van der Waals surface area contributed by atoms with Crippen molar-refractivity contribution in [3.63, 3.8) is 0 Å². The van der Waals surface area contributed by atoms with Crippen LogP contribution < -0.4 is 0 Å². The molecule has 1 N–H and O–H groups in total. The van der Waals surface area contributed by atoms with Crippen LogP contribution in [0.3, 0.4) is 0 Å². The zero-order valence-corrected chi connectivity index (χ0v) is 11.3. The minimum absolute atomic E-state index is 0.00574. The molecule has 0 unspecified atom stereocenters. The average Bonchev–Trinajstić information content (AvgIpc) is 2.57. The third kappa shape index (κ3) is 2.23. The highest BCUT2D eigenvalue weighted by molar-refractivity contribution is 6.35. The highest BCUT2D eigenvalue weighted by Gasteiger charge is 2.22. The van der Waals surface area contributed by atoms with E-state index >= 15 is 0 Å². The number of carboxylic acids is 1. The second-order valence-corrected chi connectivity index (χ2v) is 5.34. The standard InChI is InChI=1S/C14H15ClO3/c1-7(2)4-9-10-5-8(3)6-11(15)12(10)18-13(9)14(16)17/h5-7H,4H2,1-3H3,(H,16,17). The maximum Gasteiger partial charge on any atom is 0.372 e. The van der Waals surface area contributed by atoms with E-state index in [4.69, 9.17) is 16.0 Å². The van der Waals surface area contributed by atoms with Gasteiger partial charge in [0.1, 0.15) is 0 Å². The molecule has 0 saturated heterocycles.